The zero-order valence-electron chi connectivity index (χ0n) is 17.1. The summed E-state index contributed by atoms with van der Waals surface area (Å²) in [6.07, 6.45) is 9.94. The van der Waals surface area contributed by atoms with Crippen LogP contribution in [0.2, 0.25) is 0 Å². The van der Waals surface area contributed by atoms with Crippen molar-refractivity contribution < 1.29 is 4.42 Å². The van der Waals surface area contributed by atoms with Gasteiger partial charge < -0.3 is 14.6 Å². The molecule has 1 aromatic carbocycles. The number of piperidine rings is 3. The lowest BCUT2D eigenvalue weighted by molar-refractivity contribution is 0.0663. The van der Waals surface area contributed by atoms with Gasteiger partial charge >= 0.3 is 5.84 Å². The number of hydrogen-bond acceptors (Lipinski definition) is 6. The highest BCUT2D eigenvalue weighted by molar-refractivity contribution is 5.89. The van der Waals surface area contributed by atoms with Gasteiger partial charge in [0.25, 0.3) is 0 Å². The van der Waals surface area contributed by atoms with E-state index in [1.54, 1.807) is 6.26 Å². The van der Waals surface area contributed by atoms with E-state index >= 15 is 0 Å². The van der Waals surface area contributed by atoms with E-state index in [2.05, 4.69) is 51.7 Å². The minimum absolute atomic E-state index is 0.141. The lowest BCUT2D eigenvalue weighted by atomic mass is 9.84. The van der Waals surface area contributed by atoms with E-state index in [1.165, 1.54) is 31.5 Å². The van der Waals surface area contributed by atoms with Crippen LogP contribution in [0.15, 0.2) is 52.2 Å². The smallest absolute Gasteiger partial charge is 0.306 e. The third kappa shape index (κ3) is 2.97. The third-order valence-electron chi connectivity index (χ3n) is 6.71. The van der Waals surface area contributed by atoms with Gasteiger partial charge in [-0.3, -0.25) is 14.7 Å². The lowest BCUT2D eigenvalue weighted by Crippen LogP contribution is -2.60. The van der Waals surface area contributed by atoms with Gasteiger partial charge in [-0.1, -0.05) is 24.3 Å². The Hall–Kier alpha value is -2.90. The molecular weight excluding hydrogens is 376 g/mol. The molecule has 4 aliphatic heterocycles. The zero-order chi connectivity index (χ0) is 20.1. The molecule has 3 aromatic rings. The number of aryl methyl sites for hydroxylation is 1. The Kier molecular flexibility index (Phi) is 4.24. The maximum atomic E-state index is 5.62. The summed E-state index contributed by atoms with van der Waals surface area (Å²) in [5, 5.41) is 7.35. The van der Waals surface area contributed by atoms with Gasteiger partial charge in [0.1, 0.15) is 12.0 Å². The molecule has 2 aromatic heterocycles. The molecule has 3 saturated heterocycles. The van der Waals surface area contributed by atoms with Crippen molar-refractivity contribution in [2.24, 2.45) is 10.9 Å². The number of imidazole rings is 1. The summed E-state index contributed by atoms with van der Waals surface area (Å²) in [6, 6.07) is 8.81. The van der Waals surface area contributed by atoms with E-state index in [1.807, 2.05) is 22.9 Å². The largest absolute Gasteiger partial charge is 0.432 e. The van der Waals surface area contributed by atoms with Crippen molar-refractivity contribution in [3.8, 4) is 11.3 Å². The fourth-order valence-corrected chi connectivity index (χ4v) is 5.09. The SMILES string of the molecule is Cc1ccccc1-c1nc2occn2c1C1=CC=NC(NC2CN3CCC2CC3)N1. The first-order valence-electron chi connectivity index (χ1n) is 10.8. The lowest BCUT2D eigenvalue weighted by Gasteiger charge is -2.46. The predicted molar refractivity (Wildman–Crippen MR) is 117 cm³/mol. The van der Waals surface area contributed by atoms with E-state index in [-0.39, 0.29) is 6.29 Å². The van der Waals surface area contributed by atoms with E-state index in [0.717, 1.165) is 35.1 Å². The maximum Gasteiger partial charge on any atom is 0.306 e. The van der Waals surface area contributed by atoms with E-state index in [9.17, 15) is 0 Å². The van der Waals surface area contributed by atoms with Gasteiger partial charge in [0.2, 0.25) is 0 Å². The molecule has 7 rings (SSSR count). The van der Waals surface area contributed by atoms with Gasteiger partial charge in [-0.2, -0.15) is 4.98 Å². The van der Waals surface area contributed by atoms with Crippen molar-refractivity contribution in [2.45, 2.75) is 32.1 Å². The third-order valence-corrected chi connectivity index (χ3v) is 6.71. The topological polar surface area (TPSA) is 70.1 Å². The molecule has 0 aliphatic carbocycles. The van der Waals surface area contributed by atoms with Crippen LogP contribution in [0.4, 0.5) is 0 Å². The first-order chi connectivity index (χ1) is 14.8. The molecule has 2 N–H and O–H groups in total. The van der Waals surface area contributed by atoms with Crippen LogP contribution in [0.5, 0.6) is 0 Å². The van der Waals surface area contributed by atoms with Gasteiger partial charge in [0.15, 0.2) is 6.29 Å². The number of benzene rings is 1. The Bertz CT molecular complexity index is 1130. The number of hydrogen-bond donors (Lipinski definition) is 2. The van der Waals surface area contributed by atoms with Crippen LogP contribution in [0.25, 0.3) is 22.8 Å². The normalized spacial score (nSPS) is 28.0. The van der Waals surface area contributed by atoms with Crippen LogP contribution in [0, 0.1) is 12.8 Å². The summed E-state index contributed by atoms with van der Waals surface area (Å²) < 4.78 is 7.62. The molecule has 3 fully saturated rings. The van der Waals surface area contributed by atoms with Gasteiger partial charge in [-0.05, 0) is 50.4 Å². The molecule has 2 atom stereocenters. The first-order valence-corrected chi connectivity index (χ1v) is 10.8. The Morgan fingerprint density at radius 1 is 1.20 bits per heavy atom. The van der Waals surface area contributed by atoms with Gasteiger partial charge in [0, 0.05) is 30.6 Å². The fraction of sp³-hybridized carbons (Fsp3) is 0.391. The molecule has 30 heavy (non-hydrogen) atoms. The molecule has 2 unspecified atom stereocenters. The Labute approximate surface area is 175 Å². The summed E-state index contributed by atoms with van der Waals surface area (Å²) in [5.74, 6) is 1.34. The summed E-state index contributed by atoms with van der Waals surface area (Å²) in [4.78, 5) is 12.0. The quantitative estimate of drug-likeness (QED) is 0.702. The highest BCUT2D eigenvalue weighted by Gasteiger charge is 2.35. The minimum Gasteiger partial charge on any atom is -0.432 e. The number of rotatable bonds is 4. The average Bonchev–Trinajstić information content (AvgIpc) is 3.36. The molecule has 7 heteroatoms. The minimum atomic E-state index is -0.141. The van der Waals surface area contributed by atoms with Crippen molar-refractivity contribution in [3.05, 3.63) is 54.1 Å². The number of fused-ring (bicyclic) bond motifs is 4. The number of aliphatic imine (C=N–C) groups is 1. The number of aromatic nitrogens is 2. The molecular formula is C23H26N6O. The molecule has 154 valence electrons. The second-order valence-corrected chi connectivity index (χ2v) is 8.52. The zero-order valence-corrected chi connectivity index (χ0v) is 17.1. The summed E-state index contributed by atoms with van der Waals surface area (Å²) in [6.45, 7) is 5.71. The van der Waals surface area contributed by atoms with Crippen LogP contribution < -0.4 is 10.6 Å². The number of nitrogens with zero attached hydrogens (tertiary/aromatic N) is 4. The van der Waals surface area contributed by atoms with Crippen LogP contribution in [0.3, 0.4) is 0 Å². The Morgan fingerprint density at radius 2 is 2.07 bits per heavy atom. The van der Waals surface area contributed by atoms with Gasteiger partial charge in [-0.15, -0.1) is 0 Å². The molecule has 7 nitrogen and oxygen atoms in total. The first kappa shape index (κ1) is 17.9. The molecule has 0 amide bonds. The molecule has 6 heterocycles. The summed E-state index contributed by atoms with van der Waals surface area (Å²) >= 11 is 0. The van der Waals surface area contributed by atoms with Crippen LogP contribution in [0.1, 0.15) is 24.1 Å². The molecule has 0 spiro atoms. The summed E-state index contributed by atoms with van der Waals surface area (Å²) in [5.41, 5.74) is 5.21. The second kappa shape index (κ2) is 7.11. The van der Waals surface area contributed by atoms with Crippen molar-refractivity contribution in [1.29, 1.82) is 0 Å². The molecule has 4 aliphatic rings. The maximum absolute atomic E-state index is 5.62. The number of allylic oxidation sites excluding steroid dienone is 1. The standard InChI is InChI=1S/C23H26N6O/c1-15-4-2-3-5-17(15)20-21(29-12-13-30-23(29)27-20)18-6-9-24-22(25-18)26-19-14-28-10-7-16(19)8-11-28/h2-6,9,12-13,16,19,22,25-26H,7-8,10-11,14H2,1H3. The molecule has 2 bridgehead atoms. The van der Waals surface area contributed by atoms with Gasteiger partial charge in [-0.25, -0.2) is 0 Å². The van der Waals surface area contributed by atoms with Crippen LogP contribution >= 0.6 is 0 Å². The van der Waals surface area contributed by atoms with E-state index in [4.69, 9.17) is 9.40 Å². The Balaban J connectivity index is 1.32. The van der Waals surface area contributed by atoms with Crippen molar-refractivity contribution in [1.82, 2.24) is 24.9 Å². The van der Waals surface area contributed by atoms with Crippen LogP contribution in [-0.2, 0) is 0 Å². The number of nitrogens with one attached hydrogen (secondary N) is 2. The average molecular weight is 403 g/mol. The van der Waals surface area contributed by atoms with Crippen molar-refractivity contribution in [2.75, 3.05) is 19.6 Å². The predicted octanol–water partition coefficient (Wildman–Crippen LogP) is 2.89. The fourth-order valence-electron chi connectivity index (χ4n) is 5.09. The van der Waals surface area contributed by atoms with E-state index in [0.29, 0.717) is 11.9 Å². The summed E-state index contributed by atoms with van der Waals surface area (Å²) in [7, 11) is 0. The van der Waals surface area contributed by atoms with Crippen molar-refractivity contribution >= 4 is 17.8 Å². The highest BCUT2D eigenvalue weighted by Crippen LogP contribution is 2.32. The number of oxazole rings is 1. The molecule has 0 radical (unpaired) electrons. The Morgan fingerprint density at radius 3 is 2.87 bits per heavy atom. The monoisotopic (exact) mass is 402 g/mol. The van der Waals surface area contributed by atoms with Crippen molar-refractivity contribution in [3.63, 3.8) is 0 Å². The van der Waals surface area contributed by atoms with Crippen LogP contribution in [-0.4, -0.2) is 52.5 Å². The molecule has 0 saturated carbocycles. The van der Waals surface area contributed by atoms with Gasteiger partial charge in [0.05, 0.1) is 11.4 Å². The highest BCUT2D eigenvalue weighted by atomic mass is 16.3. The van der Waals surface area contributed by atoms with E-state index < -0.39 is 0 Å². The second-order valence-electron chi connectivity index (χ2n) is 8.52.